The van der Waals surface area contributed by atoms with E-state index in [4.69, 9.17) is 71.4 Å². The topological polar surface area (TPSA) is 389 Å². The predicted molar refractivity (Wildman–Crippen MR) is 241 cm³/mol. The molecule has 0 aliphatic rings. The van der Waals surface area contributed by atoms with Crippen LogP contribution in [0.5, 0.6) is 0 Å². The summed E-state index contributed by atoms with van der Waals surface area (Å²) in [4.78, 5) is 61.6. The van der Waals surface area contributed by atoms with Crippen molar-refractivity contribution in [2.24, 2.45) is 0 Å². The van der Waals surface area contributed by atoms with Crippen LogP contribution in [0.2, 0.25) is 0 Å². The Morgan fingerprint density at radius 2 is 0.691 bits per heavy atom. The minimum atomic E-state index is -1.75. The van der Waals surface area contributed by atoms with Gasteiger partial charge in [-0.15, -0.1) is 0 Å². The molecule has 25 nitrogen and oxygen atoms in total. The molecule has 0 saturated carbocycles. The van der Waals surface area contributed by atoms with Gasteiger partial charge in [0.05, 0.1) is 54.2 Å². The van der Waals surface area contributed by atoms with Crippen molar-refractivity contribution in [3.8, 4) is 0 Å². The molecule has 2 aromatic carbocycles. The summed E-state index contributed by atoms with van der Waals surface area (Å²) < 4.78 is 0. The van der Waals surface area contributed by atoms with Crippen LogP contribution in [0.25, 0.3) is 21.8 Å². The van der Waals surface area contributed by atoms with Crippen molar-refractivity contribution < 1.29 is 69.9 Å². The molecule has 27 heteroatoms. The molecule has 0 aliphatic carbocycles. The Kier molecular flexibility index (Phi) is 33.0. The van der Waals surface area contributed by atoms with Crippen LogP contribution >= 0.6 is 0 Å². The molecular weight excluding hydrogens is 1000 g/mol. The Morgan fingerprint density at radius 1 is 0.441 bits per heavy atom. The third-order valence-corrected chi connectivity index (χ3v) is 8.07. The minimum absolute atomic E-state index is 0. The third kappa shape index (κ3) is 27.2. The van der Waals surface area contributed by atoms with Gasteiger partial charge in [0, 0.05) is 81.4 Å². The van der Waals surface area contributed by atoms with Crippen LogP contribution < -0.4 is 0 Å². The molecule has 0 spiro atoms. The molecule has 4 N–H and O–H groups in total. The van der Waals surface area contributed by atoms with E-state index in [0.717, 1.165) is 57.7 Å². The van der Waals surface area contributed by atoms with Crippen LogP contribution in [-0.2, 0) is 83.7 Å². The monoisotopic (exact) mass is 1040 g/mol. The quantitative estimate of drug-likeness (QED) is 0.0519. The summed E-state index contributed by atoms with van der Waals surface area (Å²) in [5, 5.41) is 68.8. The van der Waals surface area contributed by atoms with E-state index >= 15 is 0 Å². The van der Waals surface area contributed by atoms with E-state index in [0.29, 0.717) is 26.2 Å². The van der Waals surface area contributed by atoms with Crippen LogP contribution in [0.1, 0.15) is 40.8 Å². The second-order valence-electron chi connectivity index (χ2n) is 12.8. The van der Waals surface area contributed by atoms with Crippen molar-refractivity contribution >= 4 is 21.8 Å². The SMILES string of the molecule is CCO.O=[N+]([O-])[O-].O=[N+]([O-])[O-].O=[N+]([O-])[O-].O=[N+]([O-])[O-].[OH3+].[Zn+2].[Zn+2].c1ccc(CN(Cc2ccccn2)Cc2cccc3cc4cccc(CN(Cc5ccccn5)Cc5ccccn5)c4nc23)nc1. The summed E-state index contributed by atoms with van der Waals surface area (Å²) in [6.45, 7) is 6.21. The van der Waals surface area contributed by atoms with Gasteiger partial charge in [0.2, 0.25) is 0 Å². The molecule has 0 atom stereocenters. The zero-order valence-corrected chi connectivity index (χ0v) is 42.4. The number of aromatic nitrogens is 5. The number of fused-ring (bicyclic) bond motifs is 2. The summed E-state index contributed by atoms with van der Waals surface area (Å²) in [5.74, 6) is 0. The predicted octanol–water partition coefficient (Wildman–Crippen LogP) is 5.49. The minimum Gasteiger partial charge on any atom is -0.457 e. The van der Waals surface area contributed by atoms with Crippen LogP contribution in [-0.4, -0.2) is 66.8 Å². The molecule has 0 aliphatic heterocycles. The van der Waals surface area contributed by atoms with Gasteiger partial charge in [-0.25, -0.2) is 4.98 Å². The van der Waals surface area contributed by atoms with Gasteiger partial charge in [-0.2, -0.15) is 0 Å². The van der Waals surface area contributed by atoms with Crippen molar-refractivity contribution in [3.05, 3.63) is 235 Å². The zero-order valence-electron chi connectivity index (χ0n) is 36.5. The molecule has 0 amide bonds. The first-order chi connectivity index (χ1) is 31.1. The number of hydrogen-bond donors (Lipinski definition) is 1. The maximum absolute atomic E-state index is 8.25. The van der Waals surface area contributed by atoms with E-state index in [9.17, 15) is 0 Å². The van der Waals surface area contributed by atoms with Gasteiger partial charge in [-0.3, -0.25) is 29.7 Å². The van der Waals surface area contributed by atoms with E-state index < -0.39 is 20.3 Å². The number of hydrogen-bond acceptors (Lipinski definition) is 20. The molecule has 5 aromatic heterocycles. The Balaban J connectivity index is 0. The molecule has 68 heavy (non-hydrogen) atoms. The molecule has 7 aromatic rings. The van der Waals surface area contributed by atoms with E-state index in [1.54, 1.807) is 6.92 Å². The Bertz CT molecular complexity index is 2210. The number of aliphatic hydroxyl groups excluding tert-OH is 1. The third-order valence-electron chi connectivity index (χ3n) is 8.07. The van der Waals surface area contributed by atoms with Crippen molar-refractivity contribution in [3.63, 3.8) is 0 Å². The maximum Gasteiger partial charge on any atom is 2.00 e. The summed E-state index contributed by atoms with van der Waals surface area (Å²) in [6.07, 6.45) is 7.41. The zero-order chi connectivity index (χ0) is 48.0. The smallest absolute Gasteiger partial charge is 0.457 e. The van der Waals surface area contributed by atoms with Crippen molar-refractivity contribution in [2.45, 2.75) is 46.2 Å². The fourth-order valence-electron chi connectivity index (χ4n) is 5.96. The number of aliphatic hydroxyl groups is 1. The molecule has 0 bridgehead atoms. The summed E-state index contributed by atoms with van der Waals surface area (Å²) in [6, 6.07) is 39.6. The molecule has 0 fully saturated rings. The second-order valence-corrected chi connectivity index (χ2v) is 12.8. The number of rotatable bonds is 12. The fraction of sp³-hybridized carbons (Fsp3) is 0.195. The van der Waals surface area contributed by atoms with Gasteiger partial charge >= 0.3 is 39.0 Å². The molecule has 0 unspecified atom stereocenters. The second kappa shape index (κ2) is 35.8. The van der Waals surface area contributed by atoms with Crippen molar-refractivity contribution in [2.75, 3.05) is 6.61 Å². The van der Waals surface area contributed by atoms with Gasteiger partial charge < -0.3 is 71.9 Å². The Labute approximate surface area is 412 Å². The normalized spacial score (nSPS) is 9.47. The number of benzene rings is 2. The molecule has 0 saturated heterocycles. The van der Waals surface area contributed by atoms with Crippen molar-refractivity contribution in [1.29, 1.82) is 0 Å². The van der Waals surface area contributed by atoms with E-state index in [2.05, 4.69) is 96.5 Å². The fourth-order valence-corrected chi connectivity index (χ4v) is 5.96. The van der Waals surface area contributed by atoms with Gasteiger partial charge in [-0.05, 0) is 72.6 Å². The van der Waals surface area contributed by atoms with Crippen molar-refractivity contribution in [1.82, 2.24) is 34.7 Å². The number of para-hydroxylation sites is 2. The first-order valence-electron chi connectivity index (χ1n) is 18.8. The Hall–Kier alpha value is -7.40. The average molecular weight is 1050 g/mol. The molecule has 0 radical (unpaired) electrons. The summed E-state index contributed by atoms with van der Waals surface area (Å²) in [7, 11) is 0. The van der Waals surface area contributed by atoms with E-state index in [1.807, 2.05) is 73.3 Å². The van der Waals surface area contributed by atoms with Gasteiger partial charge in [0.25, 0.3) is 0 Å². The van der Waals surface area contributed by atoms with Crippen LogP contribution in [0.15, 0.2) is 140 Å². The maximum atomic E-state index is 8.25. The van der Waals surface area contributed by atoms with Gasteiger partial charge in [0.1, 0.15) is 0 Å². The Morgan fingerprint density at radius 3 is 0.912 bits per heavy atom. The van der Waals surface area contributed by atoms with Crippen LogP contribution in [0, 0.1) is 61.3 Å². The molecular formula is C41H44N11O14Zn2+. The first-order valence-corrected chi connectivity index (χ1v) is 18.8. The van der Waals surface area contributed by atoms with Gasteiger partial charge in [0.15, 0.2) is 0 Å². The molecule has 7 rings (SSSR count). The van der Waals surface area contributed by atoms with E-state index in [1.165, 1.54) is 11.1 Å². The van der Waals surface area contributed by atoms with Crippen LogP contribution in [0.4, 0.5) is 0 Å². The largest absolute Gasteiger partial charge is 2.00 e. The standard InChI is InChI=1S/C39H35N7.C2H6O.4NO3.H2O.2Zn/c1-5-19-40-34(15-1)26-45(27-35-16-2-6-20-41-35)24-32-13-9-11-30-23-31-12-10-14-33(39(31)44-38(30)32)25-46(28-36-17-3-7-21-42-36)29-37-18-4-8-22-43-37;1-2-3;4*2-1(3)4;;;/h1-23H,24-29H2;3H,2H2,1H3;;;;;1H2;;/q;;4*-1;;2*+2/p+1. The number of pyridine rings is 5. The summed E-state index contributed by atoms with van der Waals surface area (Å²) in [5.41, 5.74) is 8.52. The summed E-state index contributed by atoms with van der Waals surface area (Å²) >= 11 is 0. The molecule has 5 heterocycles. The van der Waals surface area contributed by atoms with Gasteiger partial charge in [-0.1, -0.05) is 60.7 Å². The van der Waals surface area contributed by atoms with E-state index in [-0.39, 0.29) is 51.0 Å². The molecule has 350 valence electrons. The van der Waals surface area contributed by atoms with Crippen LogP contribution in [0.3, 0.4) is 0 Å². The number of nitrogens with zero attached hydrogens (tertiary/aromatic N) is 11. The average Bonchev–Trinajstić information content (AvgIpc) is 3.24. The first kappa shape index (κ1) is 62.7.